The lowest BCUT2D eigenvalue weighted by atomic mass is 9.97. The van der Waals surface area contributed by atoms with Gasteiger partial charge in [0, 0.05) is 16.9 Å². The van der Waals surface area contributed by atoms with Crippen molar-refractivity contribution < 1.29 is 33.7 Å². The van der Waals surface area contributed by atoms with E-state index in [-0.39, 0.29) is 35.3 Å². The number of hydrogen-bond donors (Lipinski definition) is 1. The first kappa shape index (κ1) is 18.7. The first-order chi connectivity index (χ1) is 12.6. The number of thiophene rings is 1. The van der Waals surface area contributed by atoms with Crippen molar-refractivity contribution in [2.45, 2.75) is 38.6 Å². The lowest BCUT2D eigenvalue weighted by Crippen LogP contribution is -3.00. The van der Waals surface area contributed by atoms with Crippen molar-refractivity contribution >= 4 is 33.2 Å². The molecule has 2 aromatic heterocycles. The smallest absolute Gasteiger partial charge is 0.346 e. The lowest BCUT2D eigenvalue weighted by molar-refractivity contribution is -0.649. The molecule has 0 amide bonds. The van der Waals surface area contributed by atoms with Crippen LogP contribution in [0.3, 0.4) is 0 Å². The Morgan fingerprint density at radius 1 is 1.15 bits per heavy atom. The molecule has 0 fully saturated rings. The van der Waals surface area contributed by atoms with Crippen LogP contribution in [0, 0.1) is 0 Å². The van der Waals surface area contributed by atoms with Gasteiger partial charge in [-0.25, -0.2) is 9.36 Å². The summed E-state index contributed by atoms with van der Waals surface area (Å²) in [5, 5.41) is 10.4. The van der Waals surface area contributed by atoms with Gasteiger partial charge >= 0.3 is 5.56 Å². The van der Waals surface area contributed by atoms with E-state index < -0.39 is 0 Å². The Hall–Kier alpha value is -1.67. The Morgan fingerprint density at radius 2 is 1.89 bits per heavy atom. The van der Waals surface area contributed by atoms with Gasteiger partial charge in [-0.2, -0.15) is 4.57 Å². The topological polar surface area (TPSA) is 46.1 Å². The minimum Gasteiger partial charge on any atom is -1.00 e. The summed E-state index contributed by atoms with van der Waals surface area (Å²) in [4.78, 5) is 15.8. The quantitative estimate of drug-likeness (QED) is 0.396. The number of phenolic OH excluding ortho intramolecular Hbond substituents is 1. The van der Waals surface area contributed by atoms with Crippen molar-refractivity contribution in [3.63, 3.8) is 0 Å². The number of halogens is 1. The maximum atomic E-state index is 13.2. The molecule has 0 atom stereocenters. The monoisotopic (exact) mass is 492 g/mol. The zero-order chi connectivity index (χ0) is 17.8. The van der Waals surface area contributed by atoms with Gasteiger partial charge in [-0.3, -0.25) is 0 Å². The number of benzene rings is 1. The maximum absolute atomic E-state index is 13.2. The Balaban J connectivity index is 0.00000180. The van der Waals surface area contributed by atoms with Gasteiger partial charge in [0.25, 0.3) is 5.82 Å². The minimum atomic E-state index is 0. The van der Waals surface area contributed by atoms with Crippen LogP contribution in [0.5, 0.6) is 5.75 Å². The average molecular weight is 492 g/mol. The highest BCUT2D eigenvalue weighted by Gasteiger charge is 2.33. The van der Waals surface area contributed by atoms with E-state index in [0.29, 0.717) is 0 Å². The molecule has 27 heavy (non-hydrogen) atoms. The van der Waals surface area contributed by atoms with Gasteiger partial charge in [-0.15, -0.1) is 0 Å². The van der Waals surface area contributed by atoms with Crippen molar-refractivity contribution in [1.82, 2.24) is 4.57 Å². The molecule has 0 saturated heterocycles. The molecule has 140 valence electrons. The Bertz CT molecular complexity index is 1130. The van der Waals surface area contributed by atoms with Crippen molar-refractivity contribution in [3.05, 3.63) is 56.4 Å². The first-order valence-electron chi connectivity index (χ1n) is 9.20. The van der Waals surface area contributed by atoms with Gasteiger partial charge in [0.2, 0.25) is 0 Å². The summed E-state index contributed by atoms with van der Waals surface area (Å²) in [6.07, 6.45) is 7.58. The average Bonchev–Trinajstić information content (AvgIpc) is 3.24. The highest BCUT2D eigenvalue weighted by molar-refractivity contribution is 7.18. The lowest BCUT2D eigenvalue weighted by Gasteiger charge is -2.09. The third-order valence-corrected chi connectivity index (χ3v) is 6.98. The number of phenols is 1. The van der Waals surface area contributed by atoms with Crippen LogP contribution in [-0.4, -0.2) is 9.67 Å². The van der Waals surface area contributed by atoms with Gasteiger partial charge in [-0.1, -0.05) is 23.5 Å². The molecule has 0 saturated carbocycles. The van der Waals surface area contributed by atoms with Crippen LogP contribution in [-0.2, 0) is 26.4 Å². The molecule has 1 aliphatic carbocycles. The van der Waals surface area contributed by atoms with Crippen LogP contribution in [0.2, 0.25) is 0 Å². The Labute approximate surface area is 178 Å². The van der Waals surface area contributed by atoms with E-state index in [1.54, 1.807) is 23.5 Å². The van der Waals surface area contributed by atoms with Gasteiger partial charge in [0.15, 0.2) is 4.83 Å². The molecular weight excluding hydrogens is 471 g/mol. The van der Waals surface area contributed by atoms with Crippen LogP contribution in [0.4, 0.5) is 0 Å². The van der Waals surface area contributed by atoms with Gasteiger partial charge < -0.3 is 29.1 Å². The van der Waals surface area contributed by atoms with Crippen molar-refractivity contribution in [2.24, 2.45) is 7.05 Å². The second-order valence-corrected chi connectivity index (χ2v) is 8.33. The molecule has 2 aliphatic rings. The predicted octanol–water partition coefficient (Wildman–Crippen LogP) is 0.420. The summed E-state index contributed by atoms with van der Waals surface area (Å²) in [6, 6.07) is 7.22. The summed E-state index contributed by atoms with van der Waals surface area (Å²) in [5.74, 6) is 1.29. The number of aromatic hydroxyl groups is 1. The van der Waals surface area contributed by atoms with E-state index in [0.717, 1.165) is 47.4 Å². The molecule has 1 aromatic carbocycles. The third-order valence-electron chi connectivity index (χ3n) is 5.62. The number of aromatic nitrogens is 2. The number of fused-ring (bicyclic) bond motifs is 4. The molecule has 0 bridgehead atoms. The summed E-state index contributed by atoms with van der Waals surface area (Å²) in [6.45, 7) is 0.743. The minimum absolute atomic E-state index is 0. The van der Waals surface area contributed by atoms with Crippen LogP contribution in [0.25, 0.3) is 21.9 Å². The van der Waals surface area contributed by atoms with Gasteiger partial charge in [0.1, 0.15) is 11.1 Å². The van der Waals surface area contributed by atoms with Crippen molar-refractivity contribution in [2.75, 3.05) is 0 Å². The maximum Gasteiger partial charge on any atom is 0.346 e. The second-order valence-electron chi connectivity index (χ2n) is 7.24. The van der Waals surface area contributed by atoms with Gasteiger partial charge in [0.05, 0.1) is 13.6 Å². The SMILES string of the molecule is C[n+]1c2n(c(=O)c3c4c(sc31)CCCC4)CC/C2=C\c1ccc(O)cc1.[I-]. The fraction of sp³-hybridized carbons (Fsp3) is 0.333. The van der Waals surface area contributed by atoms with Crippen LogP contribution >= 0.6 is 11.3 Å². The van der Waals surface area contributed by atoms with E-state index >= 15 is 0 Å². The Kier molecular flexibility index (Phi) is 4.88. The molecule has 0 spiro atoms. The molecule has 1 aliphatic heterocycles. The normalized spacial score (nSPS) is 17.0. The molecule has 0 radical (unpaired) electrons. The predicted molar refractivity (Wildman–Crippen MR) is 104 cm³/mol. The van der Waals surface area contributed by atoms with E-state index in [1.165, 1.54) is 28.9 Å². The zero-order valence-electron chi connectivity index (χ0n) is 15.2. The summed E-state index contributed by atoms with van der Waals surface area (Å²) in [5.41, 5.74) is 3.72. The number of allylic oxidation sites excluding steroid dienone is 1. The summed E-state index contributed by atoms with van der Waals surface area (Å²) < 4.78 is 4.18. The Morgan fingerprint density at radius 3 is 2.67 bits per heavy atom. The zero-order valence-corrected chi connectivity index (χ0v) is 18.1. The summed E-state index contributed by atoms with van der Waals surface area (Å²) in [7, 11) is 2.09. The summed E-state index contributed by atoms with van der Waals surface area (Å²) >= 11 is 1.81. The number of hydrogen-bond acceptors (Lipinski definition) is 3. The molecule has 3 heterocycles. The van der Waals surface area contributed by atoms with E-state index in [4.69, 9.17) is 0 Å². The molecule has 5 rings (SSSR count). The van der Waals surface area contributed by atoms with E-state index in [1.807, 2.05) is 16.7 Å². The van der Waals surface area contributed by atoms with Crippen LogP contribution < -0.4 is 34.1 Å². The highest BCUT2D eigenvalue weighted by atomic mass is 127. The van der Waals surface area contributed by atoms with E-state index in [2.05, 4.69) is 17.7 Å². The third kappa shape index (κ3) is 2.93. The molecular formula is C21H21IN2O2S. The molecule has 4 nitrogen and oxygen atoms in total. The second kappa shape index (κ2) is 7.05. The highest BCUT2D eigenvalue weighted by Crippen LogP contribution is 2.35. The van der Waals surface area contributed by atoms with Crippen molar-refractivity contribution in [1.29, 1.82) is 0 Å². The number of aryl methyl sites for hydroxylation is 3. The largest absolute Gasteiger partial charge is 1.00 e. The number of rotatable bonds is 1. The van der Waals surface area contributed by atoms with Crippen LogP contribution in [0.1, 0.15) is 41.1 Å². The van der Waals surface area contributed by atoms with E-state index in [9.17, 15) is 9.90 Å². The molecule has 0 unspecified atom stereocenters. The number of nitrogens with zero attached hydrogens (tertiary/aromatic N) is 2. The molecule has 1 N–H and O–H groups in total. The van der Waals surface area contributed by atoms with Crippen molar-refractivity contribution in [3.8, 4) is 5.75 Å². The van der Waals surface area contributed by atoms with Crippen LogP contribution in [0.15, 0.2) is 29.1 Å². The standard InChI is InChI=1S/C21H20N2O2S.HI/c1-22-19-14(12-13-6-8-15(24)9-7-13)10-11-23(19)20(25)18-16-4-2-3-5-17(16)26-21(18)22;/h6-9,12H,2-5,10-11H2,1H3;1H. The first-order valence-corrected chi connectivity index (χ1v) is 10.0. The molecule has 6 heteroatoms. The van der Waals surface area contributed by atoms with Gasteiger partial charge in [-0.05, 0) is 55.0 Å². The fourth-order valence-electron chi connectivity index (χ4n) is 4.37. The fourth-order valence-corrected chi connectivity index (χ4v) is 5.71. The molecule has 3 aromatic rings.